The van der Waals surface area contributed by atoms with E-state index in [1.165, 1.54) is 19.1 Å². The molecule has 2 N–H and O–H groups in total. The molecule has 0 saturated carbocycles. The number of halogens is 2. The SMILES string of the molecule is C[C@@H](OC(=O)c1c(F)cccc1Cl)C(N)=O. The molecule has 0 unspecified atom stereocenters. The van der Waals surface area contributed by atoms with Crippen LogP contribution < -0.4 is 5.73 Å². The largest absolute Gasteiger partial charge is 0.449 e. The van der Waals surface area contributed by atoms with E-state index in [9.17, 15) is 14.0 Å². The molecule has 0 aromatic heterocycles. The first-order valence-electron chi connectivity index (χ1n) is 4.37. The van der Waals surface area contributed by atoms with Gasteiger partial charge in [0.05, 0.1) is 5.02 Å². The van der Waals surface area contributed by atoms with Crippen molar-refractivity contribution >= 4 is 23.5 Å². The number of nitrogens with two attached hydrogens (primary N) is 1. The molecule has 0 aliphatic carbocycles. The van der Waals surface area contributed by atoms with Crippen molar-refractivity contribution < 1.29 is 18.7 Å². The minimum absolute atomic E-state index is 0.0818. The number of amides is 1. The van der Waals surface area contributed by atoms with Crippen molar-refractivity contribution in [3.63, 3.8) is 0 Å². The van der Waals surface area contributed by atoms with Crippen molar-refractivity contribution in [2.75, 3.05) is 0 Å². The molecule has 0 heterocycles. The van der Waals surface area contributed by atoms with Crippen LogP contribution in [0.15, 0.2) is 18.2 Å². The predicted octanol–water partition coefficient (Wildman–Crippen LogP) is 1.51. The minimum atomic E-state index is -1.14. The fourth-order valence-electron chi connectivity index (χ4n) is 0.970. The highest BCUT2D eigenvalue weighted by molar-refractivity contribution is 6.33. The number of carbonyl (C=O) groups excluding carboxylic acids is 2. The second-order valence-electron chi connectivity index (χ2n) is 3.05. The van der Waals surface area contributed by atoms with Gasteiger partial charge in [-0.1, -0.05) is 17.7 Å². The number of benzene rings is 1. The van der Waals surface area contributed by atoms with E-state index >= 15 is 0 Å². The molecule has 6 heteroatoms. The second-order valence-corrected chi connectivity index (χ2v) is 3.45. The van der Waals surface area contributed by atoms with Gasteiger partial charge in [0.1, 0.15) is 11.4 Å². The molecule has 0 bridgehead atoms. The fraction of sp³-hybridized carbons (Fsp3) is 0.200. The van der Waals surface area contributed by atoms with Gasteiger partial charge >= 0.3 is 5.97 Å². The highest BCUT2D eigenvalue weighted by Crippen LogP contribution is 2.20. The summed E-state index contributed by atoms with van der Waals surface area (Å²) in [6.07, 6.45) is -1.14. The Morgan fingerprint density at radius 2 is 2.12 bits per heavy atom. The summed E-state index contributed by atoms with van der Waals surface area (Å²) in [5.74, 6) is -2.65. The van der Waals surface area contributed by atoms with Gasteiger partial charge in [-0.15, -0.1) is 0 Å². The first-order valence-corrected chi connectivity index (χ1v) is 4.75. The van der Waals surface area contributed by atoms with Crippen LogP contribution in [0.4, 0.5) is 4.39 Å². The van der Waals surface area contributed by atoms with Crippen molar-refractivity contribution in [3.05, 3.63) is 34.6 Å². The summed E-state index contributed by atoms with van der Waals surface area (Å²) in [6, 6.07) is 3.76. The maximum absolute atomic E-state index is 13.3. The molecule has 0 spiro atoms. The molecule has 0 radical (unpaired) electrons. The van der Waals surface area contributed by atoms with Gasteiger partial charge in [0.2, 0.25) is 0 Å². The van der Waals surface area contributed by atoms with Gasteiger partial charge < -0.3 is 10.5 Å². The van der Waals surface area contributed by atoms with Crippen LogP contribution in [0.1, 0.15) is 17.3 Å². The van der Waals surface area contributed by atoms with Crippen molar-refractivity contribution in [3.8, 4) is 0 Å². The zero-order chi connectivity index (χ0) is 12.3. The molecule has 1 atom stereocenters. The van der Waals surface area contributed by atoms with E-state index < -0.39 is 29.4 Å². The Morgan fingerprint density at radius 1 is 1.50 bits per heavy atom. The number of esters is 1. The monoisotopic (exact) mass is 245 g/mol. The highest BCUT2D eigenvalue weighted by Gasteiger charge is 2.21. The summed E-state index contributed by atoms with van der Waals surface area (Å²) >= 11 is 5.63. The van der Waals surface area contributed by atoms with Crippen LogP contribution in [0.2, 0.25) is 5.02 Å². The molecule has 1 aromatic carbocycles. The zero-order valence-corrected chi connectivity index (χ0v) is 9.12. The molecule has 0 aliphatic heterocycles. The summed E-state index contributed by atoms with van der Waals surface area (Å²) in [5, 5.41) is -0.0818. The highest BCUT2D eigenvalue weighted by atomic mass is 35.5. The van der Waals surface area contributed by atoms with Gasteiger partial charge in [-0.25, -0.2) is 9.18 Å². The summed E-state index contributed by atoms with van der Waals surface area (Å²) in [6.45, 7) is 1.29. The van der Waals surface area contributed by atoms with Crippen LogP contribution in [0, 0.1) is 5.82 Å². The van der Waals surface area contributed by atoms with Crippen LogP contribution in [0.3, 0.4) is 0 Å². The fourth-order valence-corrected chi connectivity index (χ4v) is 1.21. The van der Waals surface area contributed by atoms with Gasteiger partial charge in [0.25, 0.3) is 5.91 Å². The molecule has 0 fully saturated rings. The second kappa shape index (κ2) is 4.94. The molecule has 1 aromatic rings. The molecule has 4 nitrogen and oxygen atoms in total. The Hall–Kier alpha value is -1.62. The summed E-state index contributed by atoms with van der Waals surface area (Å²) in [4.78, 5) is 22.1. The molecule has 86 valence electrons. The quantitative estimate of drug-likeness (QED) is 0.821. The third-order valence-electron chi connectivity index (χ3n) is 1.85. The van der Waals surface area contributed by atoms with E-state index in [0.717, 1.165) is 6.07 Å². The molecule has 0 aliphatic rings. The normalized spacial score (nSPS) is 11.9. The van der Waals surface area contributed by atoms with E-state index in [2.05, 4.69) is 4.74 Å². The third kappa shape index (κ3) is 2.70. The molecule has 1 rings (SSSR count). The Bertz CT molecular complexity index is 416. The number of hydrogen-bond donors (Lipinski definition) is 1. The lowest BCUT2D eigenvalue weighted by atomic mass is 10.2. The number of ether oxygens (including phenoxy) is 1. The van der Waals surface area contributed by atoms with Crippen molar-refractivity contribution in [1.82, 2.24) is 0 Å². The van der Waals surface area contributed by atoms with Crippen molar-refractivity contribution in [2.45, 2.75) is 13.0 Å². The van der Waals surface area contributed by atoms with Gasteiger partial charge in [0, 0.05) is 0 Å². The van der Waals surface area contributed by atoms with E-state index in [-0.39, 0.29) is 5.02 Å². The molecule has 1 amide bonds. The van der Waals surface area contributed by atoms with Crippen LogP contribution >= 0.6 is 11.6 Å². The Balaban J connectivity index is 2.93. The van der Waals surface area contributed by atoms with Crippen LogP contribution in [0.5, 0.6) is 0 Å². The van der Waals surface area contributed by atoms with E-state index in [0.29, 0.717) is 0 Å². The van der Waals surface area contributed by atoms with E-state index in [4.69, 9.17) is 17.3 Å². The van der Waals surface area contributed by atoms with Gasteiger partial charge in [-0.3, -0.25) is 4.79 Å². The van der Waals surface area contributed by atoms with Crippen molar-refractivity contribution in [2.24, 2.45) is 5.73 Å². The number of primary amides is 1. The zero-order valence-electron chi connectivity index (χ0n) is 8.37. The van der Waals surface area contributed by atoms with E-state index in [1.807, 2.05) is 0 Å². The van der Waals surface area contributed by atoms with Crippen LogP contribution in [0.25, 0.3) is 0 Å². The lowest BCUT2D eigenvalue weighted by Crippen LogP contribution is -2.30. The number of hydrogen-bond acceptors (Lipinski definition) is 3. The standard InChI is InChI=1S/C10H9ClFNO3/c1-5(9(13)14)16-10(15)8-6(11)3-2-4-7(8)12/h2-5H,1H3,(H2,13,14)/t5-/m1/s1. The first-order chi connectivity index (χ1) is 7.43. The summed E-state index contributed by atoms with van der Waals surface area (Å²) in [7, 11) is 0. The third-order valence-corrected chi connectivity index (χ3v) is 2.17. The lowest BCUT2D eigenvalue weighted by Gasteiger charge is -2.10. The van der Waals surface area contributed by atoms with Crippen LogP contribution in [-0.4, -0.2) is 18.0 Å². The van der Waals surface area contributed by atoms with Gasteiger partial charge in [-0.2, -0.15) is 0 Å². The number of rotatable bonds is 3. The Kier molecular flexibility index (Phi) is 3.84. The van der Waals surface area contributed by atoms with Crippen LogP contribution in [-0.2, 0) is 9.53 Å². The average Bonchev–Trinajstić information content (AvgIpc) is 2.16. The smallest absolute Gasteiger partial charge is 0.343 e. The first kappa shape index (κ1) is 12.4. The Labute approximate surface area is 96.1 Å². The molecular weight excluding hydrogens is 237 g/mol. The minimum Gasteiger partial charge on any atom is -0.449 e. The maximum Gasteiger partial charge on any atom is 0.343 e. The molecule has 0 saturated heterocycles. The summed E-state index contributed by atoms with van der Waals surface area (Å²) in [5.41, 5.74) is 4.49. The number of carbonyl (C=O) groups is 2. The molecule has 16 heavy (non-hydrogen) atoms. The van der Waals surface area contributed by atoms with E-state index in [1.54, 1.807) is 0 Å². The van der Waals surface area contributed by atoms with Gasteiger partial charge in [0.15, 0.2) is 6.10 Å². The predicted molar refractivity (Wildman–Crippen MR) is 55.5 cm³/mol. The maximum atomic E-state index is 13.3. The average molecular weight is 246 g/mol. The van der Waals surface area contributed by atoms with Gasteiger partial charge in [-0.05, 0) is 19.1 Å². The summed E-state index contributed by atoms with van der Waals surface area (Å²) < 4.78 is 17.9. The molecular formula is C10H9ClFNO3. The van der Waals surface area contributed by atoms with Crippen molar-refractivity contribution in [1.29, 1.82) is 0 Å². The topological polar surface area (TPSA) is 69.4 Å². The lowest BCUT2D eigenvalue weighted by molar-refractivity contribution is -0.125. The Morgan fingerprint density at radius 3 is 2.62 bits per heavy atom.